The summed E-state index contributed by atoms with van der Waals surface area (Å²) in [5.41, 5.74) is 1.05. The van der Waals surface area contributed by atoms with E-state index in [2.05, 4.69) is 11.8 Å². The van der Waals surface area contributed by atoms with Gasteiger partial charge < -0.3 is 24.5 Å². The molecule has 0 aliphatic rings. The molecule has 0 saturated heterocycles. The Hall–Kier alpha value is -0.767. The van der Waals surface area contributed by atoms with Crippen molar-refractivity contribution in [3.05, 3.63) is 95.1 Å². The molecule has 0 saturated carbocycles. The molecule has 3 rings (SSSR count). The number of hydrogen-bond acceptors (Lipinski definition) is 5. The van der Waals surface area contributed by atoms with Crippen LogP contribution in [0.4, 0.5) is 0 Å². The van der Waals surface area contributed by atoms with Crippen LogP contribution in [-0.2, 0) is 0 Å². The van der Waals surface area contributed by atoms with Gasteiger partial charge in [-0.3, -0.25) is 0 Å². The first-order chi connectivity index (χ1) is 13.0. The normalized spacial score (nSPS) is 9.10. The number of ether oxygens (including phenoxy) is 1. The molecule has 7 heteroatoms. The van der Waals surface area contributed by atoms with Gasteiger partial charge in [0, 0.05) is 22.3 Å². The summed E-state index contributed by atoms with van der Waals surface area (Å²) >= 11 is 0. The fraction of sp³-hybridized carbons (Fsp3) is 0. The molecule has 0 N–H and O–H groups in total. The Kier molecular flexibility index (Phi) is 11.6. The van der Waals surface area contributed by atoms with E-state index in [1.807, 2.05) is 30.3 Å². The Bertz CT molecular complexity index is 1020. The Balaban J connectivity index is 0.00000210. The van der Waals surface area contributed by atoms with E-state index in [1.165, 1.54) is 12.1 Å². The molecule has 132 valence electrons. The first-order valence-corrected chi connectivity index (χ1v) is 7.94. The maximum Gasteiger partial charge on any atom is 1.00 e. The van der Waals surface area contributed by atoms with Crippen molar-refractivity contribution in [1.82, 2.24) is 0 Å². The van der Waals surface area contributed by atoms with Crippen molar-refractivity contribution in [3.63, 3.8) is 0 Å². The van der Waals surface area contributed by atoms with E-state index in [1.54, 1.807) is 24.3 Å². The van der Waals surface area contributed by atoms with Gasteiger partial charge in [-0.15, -0.1) is 0 Å². The Labute approximate surface area is 253 Å². The van der Waals surface area contributed by atoms with Gasteiger partial charge in [0.2, 0.25) is 0 Å². The van der Waals surface area contributed by atoms with Gasteiger partial charge in [-0.05, 0) is 54.6 Å². The molecular formula is C22H12K2O5. The van der Waals surface area contributed by atoms with Gasteiger partial charge in [-0.25, -0.2) is 0 Å². The summed E-state index contributed by atoms with van der Waals surface area (Å²) in [5.74, 6) is 3.50. The second-order valence-electron chi connectivity index (χ2n) is 5.56. The topological polar surface area (TPSA) is 89.5 Å². The SMILES string of the molecule is O=C([O-])c1cc(Oc2ccc(C#Cc3ccccc3)cc2)cc(C(=O)[O-])c1.[K+].[K+]. The predicted molar refractivity (Wildman–Crippen MR) is 94.0 cm³/mol. The third-order valence-electron chi connectivity index (χ3n) is 3.59. The van der Waals surface area contributed by atoms with E-state index in [9.17, 15) is 19.8 Å². The van der Waals surface area contributed by atoms with Gasteiger partial charge in [-0.2, -0.15) is 0 Å². The summed E-state index contributed by atoms with van der Waals surface area (Å²) in [5, 5.41) is 22.0. The molecule has 0 bridgehead atoms. The Morgan fingerprint density at radius 2 is 1.14 bits per heavy atom. The number of benzene rings is 3. The van der Waals surface area contributed by atoms with Gasteiger partial charge >= 0.3 is 103 Å². The number of hydrogen-bond donors (Lipinski definition) is 0. The molecule has 29 heavy (non-hydrogen) atoms. The Morgan fingerprint density at radius 3 is 1.62 bits per heavy atom. The molecule has 0 fully saturated rings. The van der Waals surface area contributed by atoms with Crippen molar-refractivity contribution in [3.8, 4) is 23.3 Å². The molecule has 0 amide bonds. The second-order valence-corrected chi connectivity index (χ2v) is 5.56. The summed E-state index contributed by atoms with van der Waals surface area (Å²) in [6, 6.07) is 19.7. The minimum absolute atomic E-state index is 0. The maximum absolute atomic E-state index is 11.0. The zero-order valence-corrected chi connectivity index (χ0v) is 22.2. The summed E-state index contributed by atoms with van der Waals surface area (Å²) in [7, 11) is 0. The van der Waals surface area contributed by atoms with Crippen molar-refractivity contribution < 1.29 is 127 Å². The number of carboxylic acids is 2. The van der Waals surface area contributed by atoms with Crippen LogP contribution in [0.1, 0.15) is 31.8 Å². The van der Waals surface area contributed by atoms with Crippen LogP contribution in [0.5, 0.6) is 11.5 Å². The van der Waals surface area contributed by atoms with Crippen LogP contribution in [-0.4, -0.2) is 11.9 Å². The number of carbonyl (C=O) groups is 2. The van der Waals surface area contributed by atoms with Crippen LogP contribution in [0.15, 0.2) is 72.8 Å². The third-order valence-corrected chi connectivity index (χ3v) is 3.59. The molecule has 3 aromatic carbocycles. The smallest absolute Gasteiger partial charge is 0.545 e. The molecule has 0 spiro atoms. The minimum Gasteiger partial charge on any atom is -0.545 e. The molecule has 0 heterocycles. The zero-order chi connectivity index (χ0) is 19.2. The molecule has 5 nitrogen and oxygen atoms in total. The molecule has 0 radical (unpaired) electrons. The number of rotatable bonds is 4. The van der Waals surface area contributed by atoms with E-state index in [-0.39, 0.29) is 120 Å². The first kappa shape index (κ1) is 26.3. The molecule has 3 aromatic rings. The summed E-state index contributed by atoms with van der Waals surface area (Å²) in [6.45, 7) is 0. The minimum atomic E-state index is -1.51. The predicted octanol–water partition coefficient (Wildman–Crippen LogP) is -4.39. The Morgan fingerprint density at radius 1 is 0.655 bits per heavy atom. The maximum atomic E-state index is 11.0. The van der Waals surface area contributed by atoms with Gasteiger partial charge in [0.25, 0.3) is 0 Å². The third kappa shape index (κ3) is 8.11. The van der Waals surface area contributed by atoms with Crippen molar-refractivity contribution in [2.75, 3.05) is 0 Å². The molecule has 0 atom stereocenters. The van der Waals surface area contributed by atoms with Crippen molar-refractivity contribution >= 4 is 11.9 Å². The first-order valence-electron chi connectivity index (χ1n) is 7.94. The summed E-state index contributed by atoms with van der Waals surface area (Å²) in [6.07, 6.45) is 0. The molecule has 0 aromatic heterocycles. The van der Waals surface area contributed by atoms with Crippen LogP contribution in [0.25, 0.3) is 0 Å². The van der Waals surface area contributed by atoms with Crippen molar-refractivity contribution in [2.45, 2.75) is 0 Å². The number of carboxylic acid groups (broad SMARTS) is 2. The van der Waals surface area contributed by atoms with E-state index >= 15 is 0 Å². The molecule has 0 unspecified atom stereocenters. The largest absolute Gasteiger partial charge is 1.00 e. The van der Waals surface area contributed by atoms with Crippen molar-refractivity contribution in [1.29, 1.82) is 0 Å². The zero-order valence-electron chi connectivity index (χ0n) is 16.0. The monoisotopic (exact) mass is 434 g/mol. The molecular weight excluding hydrogens is 422 g/mol. The molecule has 0 aliphatic carbocycles. The van der Waals surface area contributed by atoms with Crippen LogP contribution in [0, 0.1) is 11.8 Å². The van der Waals surface area contributed by atoms with E-state index < -0.39 is 11.9 Å². The second kappa shape index (κ2) is 12.8. The van der Waals surface area contributed by atoms with E-state index in [0.29, 0.717) is 5.75 Å². The van der Waals surface area contributed by atoms with Gasteiger partial charge in [-0.1, -0.05) is 30.0 Å². The van der Waals surface area contributed by atoms with Crippen LogP contribution in [0.2, 0.25) is 0 Å². The quantitative estimate of drug-likeness (QED) is 0.306. The molecule has 0 aliphatic heterocycles. The van der Waals surface area contributed by atoms with E-state index in [4.69, 9.17) is 4.74 Å². The fourth-order valence-corrected chi connectivity index (χ4v) is 2.30. The number of aromatic carboxylic acids is 2. The van der Waals surface area contributed by atoms with Crippen LogP contribution < -0.4 is 118 Å². The van der Waals surface area contributed by atoms with Crippen molar-refractivity contribution in [2.24, 2.45) is 0 Å². The van der Waals surface area contributed by atoms with Crippen LogP contribution in [0.3, 0.4) is 0 Å². The fourth-order valence-electron chi connectivity index (χ4n) is 2.30. The van der Waals surface area contributed by atoms with Gasteiger partial charge in [0.1, 0.15) is 11.5 Å². The van der Waals surface area contributed by atoms with Gasteiger partial charge in [0.05, 0.1) is 11.9 Å². The average molecular weight is 435 g/mol. The number of carbonyl (C=O) groups excluding carboxylic acids is 2. The van der Waals surface area contributed by atoms with Gasteiger partial charge in [0.15, 0.2) is 0 Å². The van der Waals surface area contributed by atoms with E-state index in [0.717, 1.165) is 17.2 Å². The van der Waals surface area contributed by atoms with Crippen LogP contribution >= 0.6 is 0 Å². The average Bonchev–Trinajstić information content (AvgIpc) is 2.68. The summed E-state index contributed by atoms with van der Waals surface area (Å²) < 4.78 is 5.55. The standard InChI is InChI=1S/C22H14O5.2K/c23-21(24)17-12-18(22(25)26)14-20(13-17)27-19-10-8-16(9-11-19)7-6-15-4-2-1-3-5-15;;/h1-5,8-14H,(H,23,24)(H,25,26);;/q;2*+1/p-2. The summed E-state index contributed by atoms with van der Waals surface area (Å²) in [4.78, 5) is 22.0.